The van der Waals surface area contributed by atoms with Crippen LogP contribution in [0, 0.1) is 6.92 Å². The molecular formula is C15H16N2O. The Kier molecular flexibility index (Phi) is 2.67. The second-order valence-electron chi connectivity index (χ2n) is 4.63. The second-order valence-corrected chi connectivity index (χ2v) is 4.63. The van der Waals surface area contributed by atoms with Crippen LogP contribution in [0.15, 0.2) is 30.5 Å². The summed E-state index contributed by atoms with van der Waals surface area (Å²) >= 11 is 0. The molecule has 1 aromatic heterocycles. The lowest BCUT2D eigenvalue weighted by molar-refractivity contribution is 0.289. The molecule has 0 radical (unpaired) electrons. The third-order valence-corrected chi connectivity index (χ3v) is 3.39. The maximum Gasteiger partial charge on any atom is 0.131 e. The number of nitrogens with zero attached hydrogens (tertiary/aromatic N) is 1. The van der Waals surface area contributed by atoms with Crippen LogP contribution in [0.2, 0.25) is 0 Å². The fraction of sp³-hybridized carbons (Fsp3) is 0.267. The molecule has 18 heavy (non-hydrogen) atoms. The molecule has 3 heteroatoms. The summed E-state index contributed by atoms with van der Waals surface area (Å²) in [6, 6.07) is 8.23. The number of anilines is 1. The number of hydrogen-bond acceptors (Lipinski definition) is 3. The summed E-state index contributed by atoms with van der Waals surface area (Å²) < 4.78 is 5.84. The Morgan fingerprint density at radius 1 is 1.28 bits per heavy atom. The molecule has 0 saturated heterocycles. The van der Waals surface area contributed by atoms with Crippen LogP contribution in [0.25, 0.3) is 11.1 Å². The summed E-state index contributed by atoms with van der Waals surface area (Å²) in [6.07, 6.45) is 3.89. The van der Waals surface area contributed by atoms with Gasteiger partial charge in [0.05, 0.1) is 6.61 Å². The van der Waals surface area contributed by atoms with Crippen LogP contribution < -0.4 is 10.5 Å². The zero-order valence-electron chi connectivity index (χ0n) is 10.4. The van der Waals surface area contributed by atoms with Crippen molar-refractivity contribution in [2.45, 2.75) is 19.8 Å². The van der Waals surface area contributed by atoms with Gasteiger partial charge >= 0.3 is 0 Å². The largest absolute Gasteiger partial charge is 0.493 e. The molecule has 1 aliphatic heterocycles. The van der Waals surface area contributed by atoms with Gasteiger partial charge in [0.25, 0.3) is 0 Å². The molecule has 3 nitrogen and oxygen atoms in total. The number of aryl methyl sites for hydroxylation is 2. The van der Waals surface area contributed by atoms with Gasteiger partial charge in [-0.25, -0.2) is 4.98 Å². The first kappa shape index (κ1) is 11.1. The zero-order chi connectivity index (χ0) is 12.5. The van der Waals surface area contributed by atoms with Crippen molar-refractivity contribution in [1.29, 1.82) is 0 Å². The van der Waals surface area contributed by atoms with Gasteiger partial charge in [-0.2, -0.15) is 0 Å². The van der Waals surface area contributed by atoms with E-state index in [-0.39, 0.29) is 0 Å². The lowest BCUT2D eigenvalue weighted by Crippen LogP contribution is -2.10. The Morgan fingerprint density at radius 3 is 3.00 bits per heavy atom. The molecule has 0 aliphatic carbocycles. The van der Waals surface area contributed by atoms with Gasteiger partial charge < -0.3 is 10.5 Å². The summed E-state index contributed by atoms with van der Waals surface area (Å²) in [6.45, 7) is 2.83. The van der Waals surface area contributed by atoms with Gasteiger partial charge in [0.15, 0.2) is 0 Å². The summed E-state index contributed by atoms with van der Waals surface area (Å²) in [5, 5.41) is 0. The Balaban J connectivity index is 2.23. The molecule has 0 atom stereocenters. The summed E-state index contributed by atoms with van der Waals surface area (Å²) in [4.78, 5) is 4.19. The quantitative estimate of drug-likeness (QED) is 0.833. The Bertz CT molecular complexity index is 573. The smallest absolute Gasteiger partial charge is 0.131 e. The number of ether oxygens (including phenoxy) is 1. The van der Waals surface area contributed by atoms with Crippen LogP contribution >= 0.6 is 0 Å². The molecule has 0 bridgehead atoms. The van der Waals surface area contributed by atoms with Gasteiger partial charge in [-0.15, -0.1) is 0 Å². The average Bonchev–Trinajstić information content (AvgIpc) is 2.39. The molecular weight excluding hydrogens is 224 g/mol. The summed E-state index contributed by atoms with van der Waals surface area (Å²) in [5.74, 6) is 1.55. The topological polar surface area (TPSA) is 48.1 Å². The summed E-state index contributed by atoms with van der Waals surface area (Å²) in [7, 11) is 0. The maximum atomic E-state index is 6.02. The van der Waals surface area contributed by atoms with Gasteiger partial charge in [0.1, 0.15) is 11.6 Å². The minimum absolute atomic E-state index is 0.567. The molecule has 0 amide bonds. The lowest BCUT2D eigenvalue weighted by atomic mass is 9.95. The van der Waals surface area contributed by atoms with Gasteiger partial charge in [0.2, 0.25) is 0 Å². The number of benzene rings is 1. The van der Waals surface area contributed by atoms with E-state index >= 15 is 0 Å². The first-order chi connectivity index (χ1) is 8.77. The van der Waals surface area contributed by atoms with E-state index in [4.69, 9.17) is 10.5 Å². The molecule has 92 valence electrons. The second kappa shape index (κ2) is 4.33. The van der Waals surface area contributed by atoms with Crippen LogP contribution in [0.1, 0.15) is 17.5 Å². The van der Waals surface area contributed by atoms with Crippen molar-refractivity contribution in [3.05, 3.63) is 41.6 Å². The first-order valence-electron chi connectivity index (χ1n) is 6.23. The predicted molar refractivity (Wildman–Crippen MR) is 72.6 cm³/mol. The molecule has 0 saturated carbocycles. The third kappa shape index (κ3) is 1.72. The molecule has 2 aromatic rings. The van der Waals surface area contributed by atoms with E-state index in [9.17, 15) is 0 Å². The van der Waals surface area contributed by atoms with E-state index in [0.29, 0.717) is 5.82 Å². The van der Waals surface area contributed by atoms with E-state index in [0.717, 1.165) is 41.9 Å². The fourth-order valence-corrected chi connectivity index (χ4v) is 2.52. The zero-order valence-corrected chi connectivity index (χ0v) is 10.4. The van der Waals surface area contributed by atoms with Crippen molar-refractivity contribution in [1.82, 2.24) is 4.98 Å². The van der Waals surface area contributed by atoms with E-state index in [1.165, 1.54) is 5.56 Å². The highest BCUT2D eigenvalue weighted by atomic mass is 16.5. The number of nitrogens with two attached hydrogens (primary N) is 1. The Labute approximate surface area is 107 Å². The van der Waals surface area contributed by atoms with Crippen molar-refractivity contribution in [3.63, 3.8) is 0 Å². The fourth-order valence-electron chi connectivity index (χ4n) is 2.52. The van der Waals surface area contributed by atoms with Gasteiger partial charge in [0, 0.05) is 17.3 Å². The highest BCUT2D eigenvalue weighted by molar-refractivity contribution is 5.82. The normalized spacial score (nSPS) is 13.8. The maximum absolute atomic E-state index is 6.02. The van der Waals surface area contributed by atoms with Crippen LogP contribution in [0.5, 0.6) is 5.75 Å². The number of aromatic nitrogens is 1. The van der Waals surface area contributed by atoms with Crippen molar-refractivity contribution in [2.24, 2.45) is 0 Å². The van der Waals surface area contributed by atoms with Gasteiger partial charge in [-0.1, -0.05) is 18.2 Å². The van der Waals surface area contributed by atoms with Crippen LogP contribution in [-0.4, -0.2) is 11.6 Å². The van der Waals surface area contributed by atoms with Crippen LogP contribution in [-0.2, 0) is 6.42 Å². The van der Waals surface area contributed by atoms with Crippen molar-refractivity contribution in [3.8, 4) is 16.9 Å². The van der Waals surface area contributed by atoms with Crippen molar-refractivity contribution in [2.75, 3.05) is 12.3 Å². The number of nitrogen functional groups attached to an aromatic ring is 1. The lowest BCUT2D eigenvalue weighted by Gasteiger charge is -2.21. The van der Waals surface area contributed by atoms with Crippen molar-refractivity contribution < 1.29 is 4.74 Å². The number of rotatable bonds is 1. The average molecular weight is 240 g/mol. The van der Waals surface area contributed by atoms with Crippen LogP contribution in [0.4, 0.5) is 5.82 Å². The molecule has 2 N–H and O–H groups in total. The highest BCUT2D eigenvalue weighted by Gasteiger charge is 2.18. The predicted octanol–water partition coefficient (Wildman–Crippen LogP) is 2.96. The molecule has 1 aromatic carbocycles. The molecule has 1 aliphatic rings. The van der Waals surface area contributed by atoms with Crippen LogP contribution in [0.3, 0.4) is 0 Å². The third-order valence-electron chi connectivity index (χ3n) is 3.39. The number of para-hydroxylation sites is 1. The molecule has 0 spiro atoms. The van der Waals surface area contributed by atoms with E-state index in [1.807, 2.05) is 6.07 Å². The Hall–Kier alpha value is -2.03. The van der Waals surface area contributed by atoms with E-state index < -0.39 is 0 Å². The molecule has 2 heterocycles. The SMILES string of the molecule is Cc1ccnc(N)c1-c1cccc2c1OCCC2. The Morgan fingerprint density at radius 2 is 2.17 bits per heavy atom. The minimum atomic E-state index is 0.567. The monoisotopic (exact) mass is 240 g/mol. The molecule has 3 rings (SSSR count). The van der Waals surface area contributed by atoms with Crippen molar-refractivity contribution >= 4 is 5.82 Å². The summed E-state index contributed by atoms with van der Waals surface area (Å²) in [5.41, 5.74) is 10.5. The van der Waals surface area contributed by atoms with Gasteiger partial charge in [-0.3, -0.25) is 0 Å². The van der Waals surface area contributed by atoms with Gasteiger partial charge in [-0.05, 0) is 37.0 Å². The standard InChI is InChI=1S/C15H16N2O/c1-10-7-8-17-15(16)13(10)12-6-2-4-11-5-3-9-18-14(11)12/h2,4,6-8H,3,5,9H2,1H3,(H2,16,17). The number of fused-ring (bicyclic) bond motifs is 1. The van der Waals surface area contributed by atoms with E-state index in [2.05, 4.69) is 30.1 Å². The first-order valence-corrected chi connectivity index (χ1v) is 6.23. The molecule has 0 fully saturated rings. The minimum Gasteiger partial charge on any atom is -0.493 e. The number of pyridine rings is 1. The molecule has 0 unspecified atom stereocenters. The highest BCUT2D eigenvalue weighted by Crippen LogP contribution is 2.39. The number of hydrogen-bond donors (Lipinski definition) is 1. The van der Waals surface area contributed by atoms with E-state index in [1.54, 1.807) is 6.20 Å².